The van der Waals surface area contributed by atoms with Crippen LogP contribution in [0.1, 0.15) is 15.9 Å². The molecule has 0 aliphatic heterocycles. The van der Waals surface area contributed by atoms with Crippen molar-refractivity contribution in [3.8, 4) is 0 Å². The lowest BCUT2D eigenvalue weighted by Gasteiger charge is -2.08. The number of hydrogen-bond acceptors (Lipinski definition) is 2. The van der Waals surface area contributed by atoms with E-state index in [9.17, 15) is 4.79 Å². The number of benzene rings is 3. The van der Waals surface area contributed by atoms with Crippen molar-refractivity contribution in [1.82, 2.24) is 0 Å². The molecule has 0 fully saturated rings. The van der Waals surface area contributed by atoms with Crippen LogP contribution in [0.25, 0.3) is 10.8 Å². The summed E-state index contributed by atoms with van der Waals surface area (Å²) >= 11 is 9.41. The molecule has 3 aromatic rings. The van der Waals surface area contributed by atoms with E-state index in [0.717, 1.165) is 15.2 Å². The van der Waals surface area contributed by atoms with E-state index < -0.39 is 0 Å². The van der Waals surface area contributed by atoms with Gasteiger partial charge in [-0.15, -0.1) is 0 Å². The maximum atomic E-state index is 12.7. The molecule has 0 aliphatic carbocycles. The first-order valence-corrected chi connectivity index (χ1v) is 7.52. The molecule has 0 unspecified atom stereocenters. The van der Waals surface area contributed by atoms with Crippen LogP contribution in [0.3, 0.4) is 0 Å². The summed E-state index contributed by atoms with van der Waals surface area (Å²) in [6.45, 7) is 0. The molecule has 0 aromatic heterocycles. The van der Waals surface area contributed by atoms with E-state index in [4.69, 9.17) is 17.3 Å². The van der Waals surface area contributed by atoms with Crippen LogP contribution in [0.2, 0.25) is 5.02 Å². The fourth-order valence-electron chi connectivity index (χ4n) is 2.30. The van der Waals surface area contributed by atoms with Crippen molar-refractivity contribution >= 4 is 49.8 Å². The highest BCUT2D eigenvalue weighted by Gasteiger charge is 2.14. The molecule has 0 spiro atoms. The fraction of sp³-hybridized carbons (Fsp3) is 0. The first-order chi connectivity index (χ1) is 10.1. The summed E-state index contributed by atoms with van der Waals surface area (Å²) in [7, 11) is 0. The zero-order valence-corrected chi connectivity index (χ0v) is 13.3. The molecule has 3 rings (SSSR count). The van der Waals surface area contributed by atoms with Crippen molar-refractivity contribution in [3.05, 3.63) is 75.2 Å². The minimum absolute atomic E-state index is 0.0675. The second-order valence-corrected chi connectivity index (χ2v) is 5.97. The third-order valence-corrected chi connectivity index (χ3v) is 4.41. The van der Waals surface area contributed by atoms with Gasteiger partial charge in [0.05, 0.1) is 10.7 Å². The number of halogens is 2. The minimum Gasteiger partial charge on any atom is -0.398 e. The van der Waals surface area contributed by atoms with Gasteiger partial charge in [0.1, 0.15) is 0 Å². The van der Waals surface area contributed by atoms with E-state index in [1.165, 1.54) is 0 Å². The maximum Gasteiger partial charge on any atom is 0.193 e. The molecule has 2 nitrogen and oxygen atoms in total. The summed E-state index contributed by atoms with van der Waals surface area (Å²) in [5.74, 6) is -0.0675. The van der Waals surface area contributed by atoms with Crippen molar-refractivity contribution in [2.45, 2.75) is 0 Å². The quantitative estimate of drug-likeness (QED) is 0.512. The summed E-state index contributed by atoms with van der Waals surface area (Å²) in [4.78, 5) is 12.7. The molecule has 0 amide bonds. The lowest BCUT2D eigenvalue weighted by molar-refractivity contribution is 0.104. The Hall–Kier alpha value is -1.84. The van der Waals surface area contributed by atoms with Crippen molar-refractivity contribution in [2.24, 2.45) is 0 Å². The predicted octanol–water partition coefficient (Wildman–Crippen LogP) is 5.07. The number of carbonyl (C=O) groups excluding carboxylic acids is 1. The van der Waals surface area contributed by atoms with Gasteiger partial charge in [-0.2, -0.15) is 0 Å². The monoisotopic (exact) mass is 359 g/mol. The number of nitrogen functional groups attached to an aromatic ring is 1. The minimum atomic E-state index is -0.0675. The average molecular weight is 361 g/mol. The molecule has 104 valence electrons. The highest BCUT2D eigenvalue weighted by Crippen LogP contribution is 2.29. The molecule has 0 heterocycles. The van der Waals surface area contributed by atoms with E-state index in [2.05, 4.69) is 15.9 Å². The van der Waals surface area contributed by atoms with Crippen molar-refractivity contribution < 1.29 is 4.79 Å². The number of nitrogens with two attached hydrogens (primary N) is 1. The van der Waals surface area contributed by atoms with Gasteiger partial charge in [0.2, 0.25) is 0 Å². The third-order valence-electron chi connectivity index (χ3n) is 3.37. The molecular weight excluding hydrogens is 350 g/mol. The normalized spacial score (nSPS) is 10.8. The van der Waals surface area contributed by atoms with Crippen LogP contribution in [-0.2, 0) is 0 Å². The predicted molar refractivity (Wildman–Crippen MR) is 90.9 cm³/mol. The van der Waals surface area contributed by atoms with Gasteiger partial charge in [-0.1, -0.05) is 51.8 Å². The van der Waals surface area contributed by atoms with Crippen molar-refractivity contribution in [3.63, 3.8) is 0 Å². The number of fused-ring (bicyclic) bond motifs is 1. The Labute approximate surface area is 135 Å². The summed E-state index contributed by atoms with van der Waals surface area (Å²) < 4.78 is 0.963. The van der Waals surface area contributed by atoms with Gasteiger partial charge >= 0.3 is 0 Å². The lowest BCUT2D eigenvalue weighted by Crippen LogP contribution is -2.03. The van der Waals surface area contributed by atoms with Crippen LogP contribution in [-0.4, -0.2) is 5.78 Å². The molecule has 2 N–H and O–H groups in total. The van der Waals surface area contributed by atoms with Crippen LogP contribution in [0, 0.1) is 0 Å². The number of ketones is 1. The molecule has 21 heavy (non-hydrogen) atoms. The number of hydrogen-bond donors (Lipinski definition) is 1. The molecule has 0 saturated heterocycles. The Morgan fingerprint density at radius 1 is 1.00 bits per heavy atom. The highest BCUT2D eigenvalue weighted by atomic mass is 79.9. The van der Waals surface area contributed by atoms with Gasteiger partial charge in [0.25, 0.3) is 0 Å². The van der Waals surface area contributed by atoms with E-state index in [-0.39, 0.29) is 5.78 Å². The molecule has 3 aromatic carbocycles. The lowest BCUT2D eigenvalue weighted by atomic mass is 9.97. The zero-order valence-electron chi connectivity index (χ0n) is 10.9. The standard InChI is InChI=1S/C17H11BrClNO/c18-14-7-6-13(11-3-1-2-4-12(11)14)17(21)10-5-8-15(19)16(20)9-10/h1-9H,20H2. The Morgan fingerprint density at radius 3 is 2.43 bits per heavy atom. The maximum absolute atomic E-state index is 12.7. The highest BCUT2D eigenvalue weighted by molar-refractivity contribution is 9.10. The van der Waals surface area contributed by atoms with Crippen molar-refractivity contribution in [2.75, 3.05) is 5.73 Å². The van der Waals surface area contributed by atoms with Gasteiger partial charge < -0.3 is 5.73 Å². The van der Waals surface area contributed by atoms with E-state index in [1.54, 1.807) is 18.2 Å². The smallest absolute Gasteiger partial charge is 0.193 e. The number of anilines is 1. The average Bonchev–Trinajstić information content (AvgIpc) is 2.50. The third kappa shape index (κ3) is 2.55. The van der Waals surface area contributed by atoms with Gasteiger partial charge in [0.15, 0.2) is 5.78 Å². The first kappa shape index (κ1) is 14.1. The van der Waals surface area contributed by atoms with Gasteiger partial charge in [-0.3, -0.25) is 4.79 Å². The Morgan fingerprint density at radius 2 is 1.71 bits per heavy atom. The Balaban J connectivity index is 2.18. The van der Waals surface area contributed by atoms with Gasteiger partial charge in [-0.05, 0) is 41.1 Å². The largest absolute Gasteiger partial charge is 0.398 e. The Kier molecular flexibility index (Phi) is 3.70. The summed E-state index contributed by atoms with van der Waals surface area (Å²) in [6.07, 6.45) is 0. The number of rotatable bonds is 2. The van der Waals surface area contributed by atoms with Crippen LogP contribution < -0.4 is 5.73 Å². The molecule has 0 aliphatic rings. The van der Waals surface area contributed by atoms with E-state index >= 15 is 0 Å². The summed E-state index contributed by atoms with van der Waals surface area (Å²) in [5.41, 5.74) is 7.37. The summed E-state index contributed by atoms with van der Waals surface area (Å²) in [6, 6.07) is 16.4. The first-order valence-electron chi connectivity index (χ1n) is 6.35. The summed E-state index contributed by atoms with van der Waals surface area (Å²) in [5, 5.41) is 2.36. The topological polar surface area (TPSA) is 43.1 Å². The van der Waals surface area contributed by atoms with E-state index in [0.29, 0.717) is 21.8 Å². The molecule has 0 radical (unpaired) electrons. The van der Waals surface area contributed by atoms with Crippen LogP contribution in [0.15, 0.2) is 59.1 Å². The van der Waals surface area contributed by atoms with Gasteiger partial charge in [-0.25, -0.2) is 0 Å². The molecule has 0 bridgehead atoms. The zero-order chi connectivity index (χ0) is 15.0. The second-order valence-electron chi connectivity index (χ2n) is 4.71. The van der Waals surface area contributed by atoms with Gasteiger partial charge in [0, 0.05) is 15.6 Å². The van der Waals surface area contributed by atoms with E-state index in [1.807, 2.05) is 36.4 Å². The Bertz CT molecular complexity index is 861. The molecule has 0 saturated carbocycles. The SMILES string of the molecule is Nc1cc(C(=O)c2ccc(Br)c3ccccc23)ccc1Cl. The second kappa shape index (κ2) is 5.51. The van der Waals surface area contributed by atoms with Crippen LogP contribution >= 0.6 is 27.5 Å². The molecular formula is C17H11BrClNO. The number of carbonyl (C=O) groups is 1. The molecule has 0 atom stereocenters. The van der Waals surface area contributed by atoms with Crippen molar-refractivity contribution in [1.29, 1.82) is 0 Å². The fourth-order valence-corrected chi connectivity index (χ4v) is 2.90. The molecule has 4 heteroatoms. The van der Waals surface area contributed by atoms with Crippen LogP contribution in [0.4, 0.5) is 5.69 Å². The van der Waals surface area contributed by atoms with Crippen LogP contribution in [0.5, 0.6) is 0 Å².